The quantitative estimate of drug-likeness (QED) is 0.688. The minimum atomic E-state index is -0.164. The Hall–Kier alpha value is -1.62. The zero-order chi connectivity index (χ0) is 13.4. The average molecular weight is 252 g/mol. The first-order valence-electron chi connectivity index (χ1n) is 5.99. The second kappa shape index (κ2) is 7.66. The Morgan fingerprint density at radius 2 is 2.28 bits per heavy atom. The standard InChI is InChI=1S/C13H20N2O3/c1-4-18-12(16)7-9-15(2)10-11-6-5-8-14-13(11)17-3/h5-6,8H,4,7,9-10H2,1-3H3. The second-order valence-corrected chi connectivity index (χ2v) is 3.96. The Morgan fingerprint density at radius 3 is 2.94 bits per heavy atom. The van der Waals surface area contributed by atoms with E-state index in [4.69, 9.17) is 9.47 Å². The second-order valence-electron chi connectivity index (χ2n) is 3.96. The van der Waals surface area contributed by atoms with E-state index in [1.807, 2.05) is 31.0 Å². The van der Waals surface area contributed by atoms with Crippen LogP contribution < -0.4 is 4.74 Å². The molecule has 0 fully saturated rings. The van der Waals surface area contributed by atoms with Gasteiger partial charge in [0.2, 0.25) is 5.88 Å². The summed E-state index contributed by atoms with van der Waals surface area (Å²) in [6.45, 7) is 3.58. The van der Waals surface area contributed by atoms with Gasteiger partial charge < -0.3 is 14.4 Å². The van der Waals surface area contributed by atoms with Crippen LogP contribution in [0.2, 0.25) is 0 Å². The number of hydrogen-bond acceptors (Lipinski definition) is 5. The average Bonchev–Trinajstić information content (AvgIpc) is 2.37. The molecule has 1 rings (SSSR count). The van der Waals surface area contributed by atoms with Gasteiger partial charge in [-0.3, -0.25) is 4.79 Å². The first-order valence-corrected chi connectivity index (χ1v) is 5.99. The van der Waals surface area contributed by atoms with Gasteiger partial charge in [0.15, 0.2) is 0 Å². The van der Waals surface area contributed by atoms with Crippen molar-refractivity contribution < 1.29 is 14.3 Å². The lowest BCUT2D eigenvalue weighted by Crippen LogP contribution is -2.22. The summed E-state index contributed by atoms with van der Waals surface area (Å²) in [6, 6.07) is 3.84. The Labute approximate surface area is 108 Å². The molecule has 0 unspecified atom stereocenters. The van der Waals surface area contributed by atoms with E-state index < -0.39 is 0 Å². The molecule has 0 aromatic carbocycles. The molecular formula is C13H20N2O3. The topological polar surface area (TPSA) is 51.7 Å². The summed E-state index contributed by atoms with van der Waals surface area (Å²) >= 11 is 0. The summed E-state index contributed by atoms with van der Waals surface area (Å²) in [5.41, 5.74) is 1.01. The van der Waals surface area contributed by atoms with Crippen molar-refractivity contribution in [1.29, 1.82) is 0 Å². The number of carbonyl (C=O) groups excluding carboxylic acids is 1. The molecule has 1 heterocycles. The fraction of sp³-hybridized carbons (Fsp3) is 0.538. The van der Waals surface area contributed by atoms with Crippen molar-refractivity contribution in [2.24, 2.45) is 0 Å². The van der Waals surface area contributed by atoms with Crippen molar-refractivity contribution in [2.45, 2.75) is 19.9 Å². The van der Waals surface area contributed by atoms with Crippen molar-refractivity contribution in [3.05, 3.63) is 23.9 Å². The van der Waals surface area contributed by atoms with Gasteiger partial charge >= 0.3 is 5.97 Å². The normalized spacial score (nSPS) is 10.4. The number of aromatic nitrogens is 1. The highest BCUT2D eigenvalue weighted by Crippen LogP contribution is 2.15. The summed E-state index contributed by atoms with van der Waals surface area (Å²) in [7, 11) is 3.55. The SMILES string of the molecule is CCOC(=O)CCN(C)Cc1cccnc1OC. The van der Waals surface area contributed by atoms with Gasteiger partial charge in [-0.2, -0.15) is 0 Å². The van der Waals surface area contributed by atoms with Gasteiger partial charge in [-0.05, 0) is 20.0 Å². The molecule has 0 spiro atoms. The van der Waals surface area contributed by atoms with Gasteiger partial charge in [0, 0.05) is 24.8 Å². The highest BCUT2D eigenvalue weighted by molar-refractivity contribution is 5.69. The van der Waals surface area contributed by atoms with E-state index in [1.54, 1.807) is 13.3 Å². The molecule has 0 saturated carbocycles. The molecule has 0 saturated heterocycles. The summed E-state index contributed by atoms with van der Waals surface area (Å²) in [6.07, 6.45) is 2.09. The smallest absolute Gasteiger partial charge is 0.307 e. The van der Waals surface area contributed by atoms with E-state index in [9.17, 15) is 4.79 Å². The molecule has 0 N–H and O–H groups in total. The van der Waals surface area contributed by atoms with Crippen LogP contribution >= 0.6 is 0 Å². The van der Waals surface area contributed by atoms with Crippen molar-refractivity contribution in [1.82, 2.24) is 9.88 Å². The third-order valence-corrected chi connectivity index (χ3v) is 2.49. The number of ether oxygens (including phenoxy) is 2. The molecule has 0 atom stereocenters. The van der Waals surface area contributed by atoms with E-state index >= 15 is 0 Å². The van der Waals surface area contributed by atoms with Gasteiger partial charge in [0.25, 0.3) is 0 Å². The van der Waals surface area contributed by atoms with Gasteiger partial charge in [0.1, 0.15) is 0 Å². The number of rotatable bonds is 7. The van der Waals surface area contributed by atoms with Crippen LogP contribution in [-0.4, -0.2) is 43.2 Å². The molecule has 0 aliphatic heterocycles. The van der Waals surface area contributed by atoms with E-state index in [-0.39, 0.29) is 5.97 Å². The Morgan fingerprint density at radius 1 is 1.50 bits per heavy atom. The molecule has 5 nitrogen and oxygen atoms in total. The maximum absolute atomic E-state index is 11.2. The molecule has 100 valence electrons. The van der Waals surface area contributed by atoms with Gasteiger partial charge in [-0.1, -0.05) is 6.07 Å². The van der Waals surface area contributed by atoms with E-state index in [1.165, 1.54) is 0 Å². The first kappa shape index (κ1) is 14.4. The third kappa shape index (κ3) is 4.71. The number of nitrogens with zero attached hydrogens (tertiary/aromatic N) is 2. The predicted octanol–water partition coefficient (Wildman–Crippen LogP) is 1.48. The third-order valence-electron chi connectivity index (χ3n) is 2.49. The van der Waals surface area contributed by atoms with Crippen molar-refractivity contribution in [3.8, 4) is 5.88 Å². The molecule has 1 aromatic rings. The minimum Gasteiger partial charge on any atom is -0.481 e. The van der Waals surface area contributed by atoms with Crippen molar-refractivity contribution >= 4 is 5.97 Å². The monoisotopic (exact) mass is 252 g/mol. The summed E-state index contributed by atoms with van der Waals surface area (Å²) in [5, 5.41) is 0. The highest BCUT2D eigenvalue weighted by Gasteiger charge is 2.09. The lowest BCUT2D eigenvalue weighted by Gasteiger charge is -2.17. The maximum Gasteiger partial charge on any atom is 0.307 e. The number of esters is 1. The minimum absolute atomic E-state index is 0.164. The van der Waals surface area contributed by atoms with Crippen LogP contribution in [0.5, 0.6) is 5.88 Å². The number of carbonyl (C=O) groups is 1. The molecule has 0 amide bonds. The Bertz CT molecular complexity index is 382. The zero-order valence-electron chi connectivity index (χ0n) is 11.2. The van der Waals surface area contributed by atoms with Crippen LogP contribution in [0, 0.1) is 0 Å². The fourth-order valence-corrected chi connectivity index (χ4v) is 1.61. The summed E-state index contributed by atoms with van der Waals surface area (Å²) in [5.74, 6) is 0.461. The van der Waals surface area contributed by atoms with Crippen LogP contribution in [0.15, 0.2) is 18.3 Å². The van der Waals surface area contributed by atoms with E-state index in [0.29, 0.717) is 32.0 Å². The van der Waals surface area contributed by atoms with Gasteiger partial charge in [-0.25, -0.2) is 4.98 Å². The molecule has 5 heteroatoms. The Kier molecular flexibility index (Phi) is 6.14. The molecule has 1 aromatic heterocycles. The molecular weight excluding hydrogens is 232 g/mol. The molecule has 0 bridgehead atoms. The van der Waals surface area contributed by atoms with Crippen molar-refractivity contribution in [2.75, 3.05) is 27.3 Å². The van der Waals surface area contributed by atoms with Crippen LogP contribution in [0.25, 0.3) is 0 Å². The molecule has 0 radical (unpaired) electrons. The number of methoxy groups -OCH3 is 1. The van der Waals surface area contributed by atoms with Crippen LogP contribution in [-0.2, 0) is 16.1 Å². The Balaban J connectivity index is 2.44. The summed E-state index contributed by atoms with van der Waals surface area (Å²) in [4.78, 5) is 17.4. The fourth-order valence-electron chi connectivity index (χ4n) is 1.61. The lowest BCUT2D eigenvalue weighted by atomic mass is 10.2. The predicted molar refractivity (Wildman–Crippen MR) is 68.4 cm³/mol. The van der Waals surface area contributed by atoms with Crippen LogP contribution in [0.1, 0.15) is 18.9 Å². The lowest BCUT2D eigenvalue weighted by molar-refractivity contribution is -0.143. The van der Waals surface area contributed by atoms with E-state index in [2.05, 4.69) is 4.98 Å². The maximum atomic E-state index is 11.2. The summed E-state index contributed by atoms with van der Waals surface area (Å²) < 4.78 is 10.1. The molecule has 0 aliphatic carbocycles. The highest BCUT2D eigenvalue weighted by atomic mass is 16.5. The van der Waals surface area contributed by atoms with E-state index in [0.717, 1.165) is 5.56 Å². The first-order chi connectivity index (χ1) is 8.67. The largest absolute Gasteiger partial charge is 0.481 e. The van der Waals surface area contributed by atoms with Crippen LogP contribution in [0.4, 0.5) is 0 Å². The zero-order valence-corrected chi connectivity index (χ0v) is 11.2. The molecule has 18 heavy (non-hydrogen) atoms. The van der Waals surface area contributed by atoms with Gasteiger partial charge in [-0.15, -0.1) is 0 Å². The molecule has 0 aliphatic rings. The van der Waals surface area contributed by atoms with Gasteiger partial charge in [0.05, 0.1) is 20.1 Å². The van der Waals surface area contributed by atoms with Crippen molar-refractivity contribution in [3.63, 3.8) is 0 Å². The number of hydrogen-bond donors (Lipinski definition) is 0. The number of pyridine rings is 1. The van der Waals surface area contributed by atoms with Crippen LogP contribution in [0.3, 0.4) is 0 Å².